The molecule has 0 heterocycles. The van der Waals surface area contributed by atoms with Crippen LogP contribution >= 0.6 is 22.6 Å². The fourth-order valence-electron chi connectivity index (χ4n) is 1.28. The van der Waals surface area contributed by atoms with Crippen LogP contribution in [0.3, 0.4) is 0 Å². The van der Waals surface area contributed by atoms with Gasteiger partial charge in [0, 0.05) is 3.57 Å². The standard InChI is InChI=1S/C11H10FIN2O5/c12-5-1-2-7(6(13)3-5)14-11(20)15-8(10(18)19)4-9(16)17/h1-3,8H,4H2,(H,16,17)(H,18,19)(H2,14,15,20). The smallest absolute Gasteiger partial charge is 0.326 e. The van der Waals surface area contributed by atoms with Crippen molar-refractivity contribution in [2.75, 3.05) is 5.32 Å². The third kappa shape index (κ3) is 4.99. The molecule has 4 N–H and O–H groups in total. The van der Waals surface area contributed by atoms with E-state index in [4.69, 9.17) is 10.2 Å². The molecule has 0 aliphatic rings. The van der Waals surface area contributed by atoms with Gasteiger partial charge in [-0.3, -0.25) is 4.79 Å². The molecule has 0 saturated heterocycles. The van der Waals surface area contributed by atoms with E-state index in [1.54, 1.807) is 22.6 Å². The minimum absolute atomic E-state index is 0.281. The van der Waals surface area contributed by atoms with Gasteiger partial charge in [-0.1, -0.05) is 0 Å². The van der Waals surface area contributed by atoms with Crippen LogP contribution in [0.2, 0.25) is 0 Å². The first-order valence-corrected chi connectivity index (χ1v) is 6.34. The van der Waals surface area contributed by atoms with Crippen LogP contribution in [0.1, 0.15) is 6.42 Å². The number of aliphatic carboxylic acids is 2. The van der Waals surface area contributed by atoms with E-state index in [1.807, 2.05) is 5.32 Å². The molecule has 2 amide bonds. The molecule has 20 heavy (non-hydrogen) atoms. The largest absolute Gasteiger partial charge is 0.481 e. The predicted octanol–water partition coefficient (Wildman–Crippen LogP) is 1.48. The van der Waals surface area contributed by atoms with Crippen molar-refractivity contribution >= 4 is 46.2 Å². The molecule has 0 spiro atoms. The van der Waals surface area contributed by atoms with E-state index in [2.05, 4.69) is 5.32 Å². The maximum absolute atomic E-state index is 12.9. The average molecular weight is 396 g/mol. The number of hydrogen-bond donors (Lipinski definition) is 4. The summed E-state index contributed by atoms with van der Waals surface area (Å²) in [7, 11) is 0. The number of carboxylic acids is 2. The van der Waals surface area contributed by atoms with Crippen molar-refractivity contribution in [3.05, 3.63) is 27.6 Å². The van der Waals surface area contributed by atoms with E-state index in [1.165, 1.54) is 12.1 Å². The van der Waals surface area contributed by atoms with Gasteiger partial charge in [-0.15, -0.1) is 0 Å². The van der Waals surface area contributed by atoms with Crippen LogP contribution in [0.15, 0.2) is 18.2 Å². The number of carbonyl (C=O) groups excluding carboxylic acids is 1. The Balaban J connectivity index is 2.70. The van der Waals surface area contributed by atoms with Gasteiger partial charge in [0.05, 0.1) is 12.1 Å². The molecule has 0 bridgehead atoms. The summed E-state index contributed by atoms with van der Waals surface area (Å²) in [4.78, 5) is 32.8. The molecule has 1 aromatic rings. The van der Waals surface area contributed by atoms with E-state index in [0.29, 0.717) is 3.57 Å². The van der Waals surface area contributed by atoms with E-state index < -0.39 is 36.2 Å². The van der Waals surface area contributed by atoms with E-state index in [9.17, 15) is 18.8 Å². The number of hydrogen-bond acceptors (Lipinski definition) is 3. The molecule has 1 atom stereocenters. The van der Waals surface area contributed by atoms with Crippen molar-refractivity contribution in [2.24, 2.45) is 0 Å². The summed E-state index contributed by atoms with van der Waals surface area (Å²) in [6, 6.07) is 1.18. The van der Waals surface area contributed by atoms with Crippen LogP contribution < -0.4 is 10.6 Å². The highest BCUT2D eigenvalue weighted by Crippen LogP contribution is 2.18. The second-order valence-corrected chi connectivity index (χ2v) is 4.87. The number of benzene rings is 1. The fraction of sp³-hybridized carbons (Fsp3) is 0.182. The van der Waals surface area contributed by atoms with Gasteiger partial charge in [0.2, 0.25) is 0 Å². The second-order valence-electron chi connectivity index (χ2n) is 3.71. The molecular weight excluding hydrogens is 386 g/mol. The quantitative estimate of drug-likeness (QED) is 0.563. The molecule has 1 aromatic carbocycles. The molecule has 0 radical (unpaired) electrons. The molecule has 7 nitrogen and oxygen atoms in total. The van der Waals surface area contributed by atoms with Crippen LogP contribution in [0, 0.1) is 9.39 Å². The molecule has 0 saturated carbocycles. The van der Waals surface area contributed by atoms with Crippen molar-refractivity contribution in [2.45, 2.75) is 12.5 Å². The minimum atomic E-state index is -1.55. The Morgan fingerprint density at radius 2 is 1.95 bits per heavy atom. The Hall–Kier alpha value is -1.91. The van der Waals surface area contributed by atoms with Crippen molar-refractivity contribution in [3.8, 4) is 0 Å². The van der Waals surface area contributed by atoms with E-state index in [-0.39, 0.29) is 5.69 Å². The van der Waals surface area contributed by atoms with Gasteiger partial charge in [0.1, 0.15) is 11.9 Å². The number of rotatable bonds is 5. The van der Waals surface area contributed by atoms with Crippen LogP contribution in [-0.2, 0) is 9.59 Å². The number of anilines is 1. The van der Waals surface area contributed by atoms with E-state index in [0.717, 1.165) is 6.07 Å². The fourth-order valence-corrected chi connectivity index (χ4v) is 1.89. The summed E-state index contributed by atoms with van der Waals surface area (Å²) in [5.74, 6) is -3.29. The number of urea groups is 1. The Bertz CT molecular complexity index is 552. The highest BCUT2D eigenvalue weighted by molar-refractivity contribution is 14.1. The topological polar surface area (TPSA) is 116 Å². The minimum Gasteiger partial charge on any atom is -0.481 e. The van der Waals surface area contributed by atoms with E-state index >= 15 is 0 Å². The summed E-state index contributed by atoms with van der Waals surface area (Å²) >= 11 is 1.79. The highest BCUT2D eigenvalue weighted by atomic mass is 127. The molecule has 0 fully saturated rings. The van der Waals surface area contributed by atoms with Gasteiger partial charge >= 0.3 is 18.0 Å². The molecule has 0 aliphatic heterocycles. The molecule has 9 heteroatoms. The molecule has 1 rings (SSSR count). The zero-order valence-corrected chi connectivity index (χ0v) is 12.0. The second kappa shape index (κ2) is 7.03. The number of nitrogens with one attached hydrogen (secondary N) is 2. The first-order chi connectivity index (χ1) is 9.29. The van der Waals surface area contributed by atoms with Gasteiger partial charge < -0.3 is 20.8 Å². The lowest BCUT2D eigenvalue weighted by Crippen LogP contribution is -2.44. The Morgan fingerprint density at radius 3 is 2.45 bits per heavy atom. The zero-order valence-electron chi connectivity index (χ0n) is 9.89. The molecule has 1 unspecified atom stereocenters. The lowest BCUT2D eigenvalue weighted by Gasteiger charge is -2.14. The lowest BCUT2D eigenvalue weighted by molar-refractivity contribution is -0.145. The Morgan fingerprint density at radius 1 is 1.30 bits per heavy atom. The summed E-state index contributed by atoms with van der Waals surface area (Å²) in [6.07, 6.45) is -0.747. The SMILES string of the molecule is O=C(O)CC(NC(=O)Nc1ccc(F)cc1I)C(=O)O. The molecule has 108 valence electrons. The normalized spacial score (nSPS) is 11.5. The zero-order chi connectivity index (χ0) is 15.3. The van der Waals surface area contributed by atoms with Crippen molar-refractivity contribution in [1.29, 1.82) is 0 Å². The predicted molar refractivity (Wildman–Crippen MR) is 74.9 cm³/mol. The first kappa shape index (κ1) is 16.1. The summed E-state index contributed by atoms with van der Waals surface area (Å²) < 4.78 is 13.3. The number of halogens is 2. The van der Waals surface area contributed by atoms with Crippen LogP contribution in [-0.4, -0.2) is 34.2 Å². The molecule has 0 aliphatic carbocycles. The number of carboxylic acid groups (broad SMARTS) is 2. The molecular formula is C11H10FIN2O5. The molecule has 0 aromatic heterocycles. The number of carbonyl (C=O) groups is 3. The summed E-state index contributed by atoms with van der Waals surface area (Å²) in [5.41, 5.74) is 0.281. The Kier molecular flexibility index (Phi) is 5.67. The van der Waals surface area contributed by atoms with Crippen LogP contribution in [0.25, 0.3) is 0 Å². The first-order valence-electron chi connectivity index (χ1n) is 5.26. The van der Waals surface area contributed by atoms with Gasteiger partial charge in [-0.2, -0.15) is 0 Å². The Labute approximate surface area is 126 Å². The monoisotopic (exact) mass is 396 g/mol. The van der Waals surface area contributed by atoms with Gasteiger partial charge in [0.15, 0.2) is 0 Å². The van der Waals surface area contributed by atoms with Gasteiger partial charge in [-0.05, 0) is 40.8 Å². The average Bonchev–Trinajstić information content (AvgIpc) is 2.31. The van der Waals surface area contributed by atoms with Crippen molar-refractivity contribution in [3.63, 3.8) is 0 Å². The summed E-state index contributed by atoms with van der Waals surface area (Å²) in [6.45, 7) is 0. The van der Waals surface area contributed by atoms with Crippen LogP contribution in [0.4, 0.5) is 14.9 Å². The lowest BCUT2D eigenvalue weighted by atomic mass is 10.2. The summed E-state index contributed by atoms with van der Waals surface area (Å²) in [5, 5.41) is 21.6. The van der Waals surface area contributed by atoms with Crippen molar-refractivity contribution in [1.82, 2.24) is 5.32 Å². The van der Waals surface area contributed by atoms with Crippen molar-refractivity contribution < 1.29 is 29.0 Å². The third-order valence-corrected chi connectivity index (χ3v) is 3.05. The number of amides is 2. The maximum atomic E-state index is 12.9. The van der Waals surface area contributed by atoms with Gasteiger partial charge in [0.25, 0.3) is 0 Å². The van der Waals surface area contributed by atoms with Gasteiger partial charge in [-0.25, -0.2) is 14.0 Å². The van der Waals surface area contributed by atoms with Crippen LogP contribution in [0.5, 0.6) is 0 Å². The third-order valence-electron chi connectivity index (χ3n) is 2.16. The highest BCUT2D eigenvalue weighted by Gasteiger charge is 2.23. The maximum Gasteiger partial charge on any atom is 0.326 e.